The third kappa shape index (κ3) is 5.26. The Morgan fingerprint density at radius 3 is 2.68 bits per heavy atom. The average molecular weight is 650 g/mol. The average Bonchev–Trinajstić information content (AvgIpc) is 3.38. The molecule has 4 bridgehead atoms. The fourth-order valence-corrected chi connectivity index (χ4v) is 8.85. The molecule has 0 aliphatic carbocycles. The van der Waals surface area contributed by atoms with Crippen LogP contribution in [-0.2, 0) is 6.42 Å². The van der Waals surface area contributed by atoms with Crippen molar-refractivity contribution in [1.29, 1.82) is 0 Å². The highest BCUT2D eigenvalue weighted by Gasteiger charge is 2.49. The van der Waals surface area contributed by atoms with Crippen LogP contribution in [0.1, 0.15) is 44.6 Å². The van der Waals surface area contributed by atoms with Gasteiger partial charge < -0.3 is 20.1 Å². The summed E-state index contributed by atoms with van der Waals surface area (Å²) >= 11 is 0. The molecule has 4 saturated heterocycles. The Labute approximate surface area is 270 Å². The number of benzene rings is 3. The van der Waals surface area contributed by atoms with Gasteiger partial charge in [-0.25, -0.2) is 13.2 Å². The summed E-state index contributed by atoms with van der Waals surface area (Å²) in [6.07, 6.45) is 3.24. The van der Waals surface area contributed by atoms with Gasteiger partial charge in [-0.3, -0.25) is 9.29 Å². The molecule has 47 heavy (non-hydrogen) atoms. The summed E-state index contributed by atoms with van der Waals surface area (Å²) in [7, 11) is 0. The van der Waals surface area contributed by atoms with Gasteiger partial charge in [-0.2, -0.15) is 9.97 Å². The van der Waals surface area contributed by atoms with Gasteiger partial charge >= 0.3 is 6.01 Å². The zero-order valence-electron chi connectivity index (χ0n) is 26.4. The highest BCUT2D eigenvalue weighted by atomic mass is 19.1. The van der Waals surface area contributed by atoms with E-state index in [4.69, 9.17) is 9.72 Å². The third-order valence-corrected chi connectivity index (χ3v) is 11.1. The van der Waals surface area contributed by atoms with Crippen molar-refractivity contribution < 1.29 is 27.4 Å². The SMILES string of the molecule is CC1N2CCCC1(COc1nc(N3CC4CCC(C3)N4)c3cc(F)c(-c4cc(O)cc5cccc(CCF)c45)c(F)c3n1)C[C@@H](F)C2. The number of rotatable bonds is 7. The van der Waals surface area contributed by atoms with Crippen LogP contribution >= 0.6 is 0 Å². The lowest BCUT2D eigenvalue weighted by atomic mass is 9.68. The largest absolute Gasteiger partial charge is 0.508 e. The van der Waals surface area contributed by atoms with E-state index in [0.717, 1.165) is 32.2 Å². The Morgan fingerprint density at radius 2 is 1.89 bits per heavy atom. The van der Waals surface area contributed by atoms with Crippen molar-refractivity contribution in [2.24, 2.45) is 5.41 Å². The number of phenols is 1. The number of phenolic OH excluding ortho intramolecular Hbond substituents is 1. The predicted molar refractivity (Wildman–Crippen MR) is 174 cm³/mol. The van der Waals surface area contributed by atoms with E-state index >= 15 is 8.78 Å². The fourth-order valence-electron chi connectivity index (χ4n) is 8.85. The maximum atomic E-state index is 17.0. The quantitative estimate of drug-likeness (QED) is 0.222. The van der Waals surface area contributed by atoms with E-state index < -0.39 is 29.9 Å². The Hall–Kier alpha value is -3.70. The lowest BCUT2D eigenvalue weighted by molar-refractivity contribution is -0.0790. The van der Waals surface area contributed by atoms with Gasteiger partial charge in [-0.1, -0.05) is 18.2 Å². The van der Waals surface area contributed by atoms with Gasteiger partial charge in [-0.15, -0.1) is 0 Å². The Kier molecular flexibility index (Phi) is 7.67. The molecule has 5 heterocycles. The Morgan fingerprint density at radius 1 is 1.09 bits per heavy atom. The molecule has 0 radical (unpaired) electrons. The minimum Gasteiger partial charge on any atom is -0.508 e. The Balaban J connectivity index is 1.28. The number of hydrogen-bond donors (Lipinski definition) is 2. The fraction of sp³-hybridized carbons (Fsp3) is 0.500. The van der Waals surface area contributed by atoms with Crippen molar-refractivity contribution in [3.8, 4) is 22.9 Å². The van der Waals surface area contributed by atoms with Crippen molar-refractivity contribution in [3.63, 3.8) is 0 Å². The monoisotopic (exact) mass is 649 g/mol. The van der Waals surface area contributed by atoms with Crippen LogP contribution in [0.15, 0.2) is 36.4 Å². The van der Waals surface area contributed by atoms with Crippen LogP contribution in [0.2, 0.25) is 0 Å². The molecular weight excluding hydrogens is 610 g/mol. The van der Waals surface area contributed by atoms with Crippen LogP contribution in [0.5, 0.6) is 11.8 Å². The maximum Gasteiger partial charge on any atom is 0.319 e. The Bertz CT molecular complexity index is 1850. The molecule has 0 spiro atoms. The summed E-state index contributed by atoms with van der Waals surface area (Å²) in [5, 5.41) is 15.4. The summed E-state index contributed by atoms with van der Waals surface area (Å²) in [5.74, 6) is -1.51. The molecule has 11 heteroatoms. The molecule has 7 nitrogen and oxygen atoms in total. The number of piperidine rings is 2. The van der Waals surface area contributed by atoms with Crippen LogP contribution in [-0.4, -0.2) is 83.7 Å². The second-order valence-corrected chi connectivity index (χ2v) is 14.0. The standard InChI is InChI=1S/C36H39F4N5O2/c1-20-36(9-3-11-44(20)16-23(38)15-36)19-47-35-42-33-28(34(43-35)45-17-24-6-7-25(18-45)41-24)14-29(39)31(32(33)40)27-13-26(46)12-22-5-2-4-21(8-10-37)30(22)27/h2,4-5,12-14,20,23-25,41,46H,3,6-11,15-19H2,1H3/t20?,23-,24?,25?,36?/m1/s1. The normalized spacial score (nSPS) is 28.7. The van der Waals surface area contributed by atoms with Gasteiger partial charge in [0.1, 0.15) is 29.1 Å². The number of aromatic hydroxyl groups is 1. The molecule has 8 rings (SSSR count). The van der Waals surface area contributed by atoms with Crippen LogP contribution in [0.25, 0.3) is 32.8 Å². The van der Waals surface area contributed by atoms with Crippen molar-refractivity contribution >= 4 is 27.5 Å². The van der Waals surface area contributed by atoms with E-state index in [9.17, 15) is 13.9 Å². The second-order valence-electron chi connectivity index (χ2n) is 14.0. The molecule has 3 aromatic carbocycles. The predicted octanol–water partition coefficient (Wildman–Crippen LogP) is 6.48. The van der Waals surface area contributed by atoms with E-state index in [-0.39, 0.29) is 64.9 Å². The molecule has 5 unspecified atom stereocenters. The smallest absolute Gasteiger partial charge is 0.319 e. The first-order chi connectivity index (χ1) is 22.7. The van der Waals surface area contributed by atoms with Gasteiger partial charge in [0.25, 0.3) is 0 Å². The number of aromatic nitrogens is 2. The van der Waals surface area contributed by atoms with Gasteiger partial charge in [0.15, 0.2) is 5.82 Å². The molecule has 248 valence electrons. The van der Waals surface area contributed by atoms with Crippen LogP contribution < -0.4 is 15.0 Å². The second kappa shape index (κ2) is 11.8. The van der Waals surface area contributed by atoms with Gasteiger partial charge in [0.2, 0.25) is 0 Å². The lowest BCUT2D eigenvalue weighted by Crippen LogP contribution is -2.60. The molecule has 4 aromatic rings. The molecule has 4 aliphatic rings. The molecule has 4 fully saturated rings. The first kappa shape index (κ1) is 30.6. The molecular formula is C36H39F4N5O2. The molecule has 4 aliphatic heterocycles. The summed E-state index contributed by atoms with van der Waals surface area (Å²) < 4.78 is 68.1. The molecule has 6 atom stereocenters. The van der Waals surface area contributed by atoms with Gasteiger partial charge in [0, 0.05) is 55.0 Å². The molecule has 2 N–H and O–H groups in total. The van der Waals surface area contributed by atoms with Crippen LogP contribution in [0.4, 0.5) is 23.4 Å². The first-order valence-electron chi connectivity index (χ1n) is 16.8. The maximum absolute atomic E-state index is 17.0. The number of hydrogen-bond acceptors (Lipinski definition) is 7. The highest BCUT2D eigenvalue weighted by molar-refractivity contribution is 6.03. The number of piperazine rings is 1. The third-order valence-electron chi connectivity index (χ3n) is 11.1. The number of ether oxygens (including phenoxy) is 1. The van der Waals surface area contributed by atoms with E-state index in [1.807, 2.05) is 0 Å². The zero-order chi connectivity index (χ0) is 32.4. The van der Waals surface area contributed by atoms with Crippen LogP contribution in [0.3, 0.4) is 0 Å². The number of fused-ring (bicyclic) bond motifs is 6. The minimum atomic E-state index is -0.957. The van der Waals surface area contributed by atoms with E-state index in [0.29, 0.717) is 48.2 Å². The highest BCUT2D eigenvalue weighted by Crippen LogP contribution is 2.46. The topological polar surface area (TPSA) is 73.8 Å². The molecule has 0 amide bonds. The first-order valence-corrected chi connectivity index (χ1v) is 16.8. The van der Waals surface area contributed by atoms with Crippen LogP contribution in [0, 0.1) is 17.0 Å². The van der Waals surface area contributed by atoms with Crippen molar-refractivity contribution in [3.05, 3.63) is 53.6 Å². The summed E-state index contributed by atoms with van der Waals surface area (Å²) in [4.78, 5) is 13.6. The van der Waals surface area contributed by atoms with Crippen molar-refractivity contribution in [1.82, 2.24) is 20.2 Å². The van der Waals surface area contributed by atoms with Gasteiger partial charge in [-0.05, 0) is 85.7 Å². The number of nitrogens with one attached hydrogen (secondary N) is 1. The number of aryl methyl sites for hydroxylation is 1. The van der Waals surface area contributed by atoms with E-state index in [1.54, 1.807) is 18.2 Å². The zero-order valence-corrected chi connectivity index (χ0v) is 26.4. The summed E-state index contributed by atoms with van der Waals surface area (Å²) in [6, 6.07) is 9.82. The van der Waals surface area contributed by atoms with Crippen molar-refractivity contribution in [2.75, 3.05) is 44.4 Å². The number of nitrogens with zero attached hydrogens (tertiary/aromatic N) is 4. The van der Waals surface area contributed by atoms with E-state index in [1.165, 1.54) is 18.2 Å². The summed E-state index contributed by atoms with van der Waals surface area (Å²) in [5.41, 5.74) is -0.188. The van der Waals surface area contributed by atoms with E-state index in [2.05, 4.69) is 27.0 Å². The number of anilines is 1. The lowest BCUT2D eigenvalue weighted by Gasteiger charge is -2.53. The molecule has 0 saturated carbocycles. The number of halogens is 4. The summed E-state index contributed by atoms with van der Waals surface area (Å²) in [6.45, 7) is 4.16. The molecule has 1 aromatic heterocycles. The van der Waals surface area contributed by atoms with Gasteiger partial charge in [0.05, 0.1) is 18.8 Å². The number of alkyl halides is 2. The van der Waals surface area contributed by atoms with Crippen molar-refractivity contribution in [2.45, 2.75) is 69.7 Å². The minimum absolute atomic E-state index is 0.0339.